The summed E-state index contributed by atoms with van der Waals surface area (Å²) in [4.78, 5) is 27.5. The highest BCUT2D eigenvalue weighted by Crippen LogP contribution is 2.59. The summed E-state index contributed by atoms with van der Waals surface area (Å²) in [7, 11) is 1.96. The number of benzene rings is 1. The first-order valence-corrected chi connectivity index (χ1v) is 11.0. The van der Waals surface area contributed by atoms with E-state index in [-0.39, 0.29) is 11.8 Å². The number of carbonyl (C=O) groups is 2. The maximum Gasteiger partial charge on any atom is 0.346 e. The van der Waals surface area contributed by atoms with Crippen LogP contribution in [-0.4, -0.2) is 39.7 Å². The monoisotopic (exact) mass is 419 g/mol. The number of hydrogen-bond acceptors (Lipinski definition) is 8. The van der Waals surface area contributed by atoms with Gasteiger partial charge >= 0.3 is 5.97 Å². The fraction of sp³-hybridized carbons (Fsp3) is 0.450. The van der Waals surface area contributed by atoms with Gasteiger partial charge < -0.3 is 9.64 Å². The fourth-order valence-electron chi connectivity index (χ4n) is 3.20. The van der Waals surface area contributed by atoms with Crippen LogP contribution in [0.4, 0.5) is 5.69 Å². The standard InChI is InChI=1S/C20H25N3O3S2/c1-6-9-16-17(19(25)26-7-2)27-20(22(16)5)23(21-18(28-20)14(4)24)15-11-8-10-13(3)12-15/h8,10-12H,6-7,9H2,1-5H3/t20-/m1/s1. The van der Waals surface area contributed by atoms with Crippen molar-refractivity contribution in [2.24, 2.45) is 5.10 Å². The SMILES string of the molecule is CCCC1=C(C(=O)OCC)S[C@@]2(SC(C(C)=O)=NN2c2cccc(C)c2)N1C. The molecule has 0 saturated heterocycles. The normalized spacial score (nSPS) is 21.5. The number of rotatable bonds is 6. The van der Waals surface area contributed by atoms with Crippen LogP contribution >= 0.6 is 23.5 Å². The Labute approximate surface area is 174 Å². The number of ether oxygens (including phenoxy) is 1. The van der Waals surface area contributed by atoms with Crippen molar-refractivity contribution in [2.75, 3.05) is 18.7 Å². The van der Waals surface area contributed by atoms with Gasteiger partial charge in [-0.2, -0.15) is 5.10 Å². The molecule has 0 fully saturated rings. The molecule has 1 aromatic rings. The van der Waals surface area contributed by atoms with Crippen molar-refractivity contribution in [2.45, 2.75) is 44.9 Å². The third-order valence-electron chi connectivity index (χ3n) is 4.51. The van der Waals surface area contributed by atoms with Gasteiger partial charge in [0.05, 0.1) is 12.3 Å². The Hall–Kier alpha value is -1.93. The van der Waals surface area contributed by atoms with Gasteiger partial charge in [0, 0.05) is 19.7 Å². The second-order valence-electron chi connectivity index (χ2n) is 6.67. The number of anilines is 1. The lowest BCUT2D eigenvalue weighted by atomic mass is 10.2. The van der Waals surface area contributed by atoms with Crippen LogP contribution in [0.25, 0.3) is 0 Å². The molecule has 8 heteroatoms. The molecule has 0 saturated carbocycles. The second-order valence-corrected chi connectivity index (χ2v) is 9.27. The summed E-state index contributed by atoms with van der Waals surface area (Å²) in [5.74, 6) is -0.407. The molecule has 6 nitrogen and oxygen atoms in total. The average Bonchev–Trinajstić information content (AvgIpc) is 3.17. The van der Waals surface area contributed by atoms with Gasteiger partial charge in [0.25, 0.3) is 0 Å². The number of aryl methyl sites for hydroxylation is 1. The molecule has 0 radical (unpaired) electrons. The zero-order chi connectivity index (χ0) is 20.5. The van der Waals surface area contributed by atoms with Crippen LogP contribution in [0.1, 0.15) is 39.2 Å². The van der Waals surface area contributed by atoms with Crippen LogP contribution < -0.4 is 5.01 Å². The van der Waals surface area contributed by atoms with Crippen molar-refractivity contribution in [3.8, 4) is 0 Å². The first-order valence-electron chi connectivity index (χ1n) is 9.32. The number of esters is 1. The first-order chi connectivity index (χ1) is 13.3. The van der Waals surface area contributed by atoms with Gasteiger partial charge in [0.2, 0.25) is 4.33 Å². The van der Waals surface area contributed by atoms with Gasteiger partial charge in [0.15, 0.2) is 10.8 Å². The van der Waals surface area contributed by atoms with Crippen molar-refractivity contribution in [3.05, 3.63) is 40.4 Å². The number of ketones is 1. The number of hydrazone groups is 1. The van der Waals surface area contributed by atoms with Gasteiger partial charge in [-0.05, 0) is 49.7 Å². The van der Waals surface area contributed by atoms with E-state index in [0.717, 1.165) is 29.8 Å². The minimum Gasteiger partial charge on any atom is -0.462 e. The molecule has 3 rings (SSSR count). The first kappa shape index (κ1) is 20.8. The van der Waals surface area contributed by atoms with Crippen molar-refractivity contribution < 1.29 is 14.3 Å². The quantitative estimate of drug-likeness (QED) is 0.637. The number of nitrogens with zero attached hydrogens (tertiary/aromatic N) is 3. The topological polar surface area (TPSA) is 62.2 Å². The zero-order valence-corrected chi connectivity index (χ0v) is 18.4. The number of allylic oxidation sites excluding steroid dienone is 1. The molecule has 0 unspecified atom stereocenters. The molecule has 1 atom stereocenters. The smallest absolute Gasteiger partial charge is 0.346 e. The van der Waals surface area contributed by atoms with E-state index in [4.69, 9.17) is 4.74 Å². The molecular weight excluding hydrogens is 394 g/mol. The van der Waals surface area contributed by atoms with E-state index in [0.29, 0.717) is 16.6 Å². The highest BCUT2D eigenvalue weighted by atomic mass is 32.2. The van der Waals surface area contributed by atoms with Crippen LogP contribution in [-0.2, 0) is 14.3 Å². The molecule has 2 heterocycles. The van der Waals surface area contributed by atoms with Crippen LogP contribution in [0, 0.1) is 6.92 Å². The maximum absolute atomic E-state index is 12.7. The zero-order valence-electron chi connectivity index (χ0n) is 16.8. The lowest BCUT2D eigenvalue weighted by Crippen LogP contribution is -2.47. The van der Waals surface area contributed by atoms with Gasteiger partial charge in [-0.3, -0.25) is 4.79 Å². The number of thioether (sulfide) groups is 2. The van der Waals surface area contributed by atoms with Crippen molar-refractivity contribution in [1.29, 1.82) is 0 Å². The van der Waals surface area contributed by atoms with Crippen LogP contribution in [0.15, 0.2) is 40.0 Å². The molecule has 0 amide bonds. The second kappa shape index (κ2) is 8.21. The predicted octanol–water partition coefficient (Wildman–Crippen LogP) is 4.32. The number of Topliss-reactive ketones (excluding diaryl/α,β-unsaturated/α-hetero) is 1. The molecule has 0 N–H and O–H groups in total. The Morgan fingerprint density at radius 2 is 2.00 bits per heavy atom. The Morgan fingerprint density at radius 1 is 1.25 bits per heavy atom. The van der Waals surface area contributed by atoms with Crippen molar-refractivity contribution in [3.63, 3.8) is 0 Å². The van der Waals surface area contributed by atoms with E-state index >= 15 is 0 Å². The highest BCUT2D eigenvalue weighted by Gasteiger charge is 2.56. The van der Waals surface area contributed by atoms with E-state index < -0.39 is 4.33 Å². The van der Waals surface area contributed by atoms with Crippen LogP contribution in [0.3, 0.4) is 0 Å². The molecule has 2 aliphatic heterocycles. The summed E-state index contributed by atoms with van der Waals surface area (Å²) >= 11 is 2.79. The Bertz CT molecular complexity index is 868. The molecule has 150 valence electrons. The fourth-order valence-corrected chi connectivity index (χ4v) is 6.09. The van der Waals surface area contributed by atoms with Gasteiger partial charge in [0.1, 0.15) is 4.91 Å². The van der Waals surface area contributed by atoms with E-state index in [1.807, 2.05) is 43.2 Å². The maximum atomic E-state index is 12.7. The Kier molecular flexibility index (Phi) is 6.09. The Morgan fingerprint density at radius 3 is 2.61 bits per heavy atom. The lowest BCUT2D eigenvalue weighted by molar-refractivity contribution is -0.137. The van der Waals surface area contributed by atoms with Crippen LogP contribution in [0.5, 0.6) is 0 Å². The van der Waals surface area contributed by atoms with E-state index in [1.54, 1.807) is 6.92 Å². The van der Waals surface area contributed by atoms with E-state index in [1.165, 1.54) is 30.4 Å². The molecule has 1 aromatic carbocycles. The molecule has 28 heavy (non-hydrogen) atoms. The van der Waals surface area contributed by atoms with Crippen molar-refractivity contribution >= 4 is 46.0 Å². The third kappa shape index (κ3) is 3.55. The summed E-state index contributed by atoms with van der Waals surface area (Å²) < 4.78 is 4.55. The lowest BCUT2D eigenvalue weighted by Gasteiger charge is -2.39. The minimum atomic E-state index is -0.763. The molecule has 0 bridgehead atoms. The van der Waals surface area contributed by atoms with Gasteiger partial charge in [-0.1, -0.05) is 37.2 Å². The summed E-state index contributed by atoms with van der Waals surface area (Å²) in [6, 6.07) is 7.99. The van der Waals surface area contributed by atoms with Crippen LogP contribution in [0.2, 0.25) is 0 Å². The molecular formula is C20H25N3O3S2. The van der Waals surface area contributed by atoms with Gasteiger partial charge in [-0.15, -0.1) is 0 Å². The Balaban J connectivity index is 2.08. The van der Waals surface area contributed by atoms with E-state index in [9.17, 15) is 9.59 Å². The summed E-state index contributed by atoms with van der Waals surface area (Å²) in [5, 5.41) is 6.93. The van der Waals surface area contributed by atoms with Gasteiger partial charge in [-0.25, -0.2) is 9.80 Å². The molecule has 0 aliphatic carbocycles. The predicted molar refractivity (Wildman–Crippen MR) is 116 cm³/mol. The number of carbonyl (C=O) groups excluding carboxylic acids is 2. The highest BCUT2D eigenvalue weighted by molar-refractivity contribution is 8.28. The third-order valence-corrected chi connectivity index (χ3v) is 7.60. The minimum absolute atomic E-state index is 0.0878. The summed E-state index contributed by atoms with van der Waals surface area (Å²) in [6.07, 6.45) is 1.64. The largest absolute Gasteiger partial charge is 0.462 e. The summed E-state index contributed by atoms with van der Waals surface area (Å²) in [6.45, 7) is 7.74. The van der Waals surface area contributed by atoms with Crippen molar-refractivity contribution in [1.82, 2.24) is 4.90 Å². The molecule has 0 aromatic heterocycles. The number of hydrogen-bond donors (Lipinski definition) is 0. The average molecular weight is 420 g/mol. The van der Waals surface area contributed by atoms with E-state index in [2.05, 4.69) is 16.9 Å². The molecule has 2 aliphatic rings. The molecule has 1 spiro atoms. The summed E-state index contributed by atoms with van der Waals surface area (Å²) in [5.41, 5.74) is 2.90.